The van der Waals surface area contributed by atoms with Gasteiger partial charge in [0.05, 0.1) is 13.0 Å². The van der Waals surface area contributed by atoms with Gasteiger partial charge < -0.3 is 10.1 Å². The molecule has 0 saturated carbocycles. The van der Waals surface area contributed by atoms with Gasteiger partial charge >= 0.3 is 0 Å². The van der Waals surface area contributed by atoms with Gasteiger partial charge in [-0.05, 0) is 29.8 Å². The van der Waals surface area contributed by atoms with Crippen LogP contribution in [0.1, 0.15) is 5.56 Å². The first kappa shape index (κ1) is 16.5. The molecule has 0 radical (unpaired) electrons. The molecule has 0 spiro atoms. The van der Waals surface area contributed by atoms with Gasteiger partial charge in [-0.25, -0.2) is 0 Å². The van der Waals surface area contributed by atoms with Gasteiger partial charge in [0.25, 0.3) is 0 Å². The molecule has 4 nitrogen and oxygen atoms in total. The van der Waals surface area contributed by atoms with Gasteiger partial charge in [-0.1, -0.05) is 46.3 Å². The van der Waals surface area contributed by atoms with Crippen LogP contribution >= 0.6 is 15.9 Å². The van der Waals surface area contributed by atoms with E-state index in [-0.39, 0.29) is 5.91 Å². The summed E-state index contributed by atoms with van der Waals surface area (Å²) in [5.41, 5.74) is 1.81. The second kappa shape index (κ2) is 7.93. The molecular weight excluding hydrogens is 368 g/mol. The zero-order chi connectivity index (χ0) is 16.8. The lowest BCUT2D eigenvalue weighted by atomic mass is 10.1. The predicted octanol–water partition coefficient (Wildman–Crippen LogP) is 3.74. The summed E-state index contributed by atoms with van der Waals surface area (Å²) in [4.78, 5) is 16.3. The maximum atomic E-state index is 12.0. The minimum Gasteiger partial charge on any atom is -0.489 e. The summed E-state index contributed by atoms with van der Waals surface area (Å²) < 4.78 is 6.73. The molecule has 1 N–H and O–H groups in total. The minimum absolute atomic E-state index is 0.0206. The third-order valence-electron chi connectivity index (χ3n) is 3.53. The van der Waals surface area contributed by atoms with Gasteiger partial charge in [0, 0.05) is 16.1 Å². The standard InChI is InChI=1S/C19H17BrN2O2/c20-16-7-1-4-14(12-16)13-18(23)21-10-11-24-17-8-2-5-15-6-3-9-22-19(15)17/h1-9,12H,10-11,13H2,(H,21,23). The Kier molecular flexibility index (Phi) is 5.43. The maximum absolute atomic E-state index is 12.0. The first-order valence-corrected chi connectivity index (χ1v) is 8.49. The monoisotopic (exact) mass is 384 g/mol. The molecule has 0 aliphatic heterocycles. The van der Waals surface area contributed by atoms with Crippen molar-refractivity contribution in [2.45, 2.75) is 6.42 Å². The number of amides is 1. The van der Waals surface area contributed by atoms with Gasteiger partial charge in [-0.2, -0.15) is 0 Å². The van der Waals surface area contributed by atoms with E-state index < -0.39 is 0 Å². The molecule has 1 amide bonds. The molecule has 0 aliphatic carbocycles. The fraction of sp³-hybridized carbons (Fsp3) is 0.158. The number of benzene rings is 2. The van der Waals surface area contributed by atoms with Crippen molar-refractivity contribution in [3.05, 3.63) is 70.8 Å². The number of nitrogens with zero attached hydrogens (tertiary/aromatic N) is 1. The molecule has 0 atom stereocenters. The summed E-state index contributed by atoms with van der Waals surface area (Å²) >= 11 is 3.40. The van der Waals surface area contributed by atoms with E-state index in [1.807, 2.05) is 54.6 Å². The molecule has 0 saturated heterocycles. The summed E-state index contributed by atoms with van der Waals surface area (Å²) in [6, 6.07) is 17.4. The fourth-order valence-corrected chi connectivity index (χ4v) is 2.89. The van der Waals surface area contributed by atoms with Crippen LogP contribution in [0.3, 0.4) is 0 Å². The van der Waals surface area contributed by atoms with Crippen molar-refractivity contribution in [2.75, 3.05) is 13.2 Å². The lowest BCUT2D eigenvalue weighted by Crippen LogP contribution is -2.29. The molecule has 0 bridgehead atoms. The topological polar surface area (TPSA) is 51.2 Å². The Bertz CT molecular complexity index is 846. The Labute approximate surface area is 149 Å². The quantitative estimate of drug-likeness (QED) is 0.658. The molecular formula is C19H17BrN2O2. The van der Waals surface area contributed by atoms with Crippen molar-refractivity contribution in [1.82, 2.24) is 10.3 Å². The van der Waals surface area contributed by atoms with E-state index in [1.54, 1.807) is 6.20 Å². The summed E-state index contributed by atoms with van der Waals surface area (Å²) in [7, 11) is 0. The van der Waals surface area contributed by atoms with Crippen LogP contribution in [0.25, 0.3) is 10.9 Å². The highest BCUT2D eigenvalue weighted by Gasteiger charge is 2.05. The fourth-order valence-electron chi connectivity index (χ4n) is 2.44. The molecule has 2 aromatic carbocycles. The zero-order valence-corrected chi connectivity index (χ0v) is 14.6. The summed E-state index contributed by atoms with van der Waals surface area (Å²) in [6.45, 7) is 0.857. The van der Waals surface area contributed by atoms with E-state index in [2.05, 4.69) is 26.2 Å². The van der Waals surface area contributed by atoms with Gasteiger partial charge in [0.1, 0.15) is 17.9 Å². The number of carbonyl (C=O) groups is 1. The molecule has 24 heavy (non-hydrogen) atoms. The second-order valence-electron chi connectivity index (χ2n) is 5.34. The Morgan fingerprint density at radius 1 is 1.12 bits per heavy atom. The van der Waals surface area contributed by atoms with Crippen LogP contribution in [0.2, 0.25) is 0 Å². The normalized spacial score (nSPS) is 10.5. The molecule has 122 valence electrons. The van der Waals surface area contributed by atoms with Crippen molar-refractivity contribution < 1.29 is 9.53 Å². The Balaban J connectivity index is 1.49. The van der Waals surface area contributed by atoms with E-state index >= 15 is 0 Å². The van der Waals surface area contributed by atoms with Crippen LogP contribution in [0.5, 0.6) is 5.75 Å². The predicted molar refractivity (Wildman–Crippen MR) is 98.1 cm³/mol. The summed E-state index contributed by atoms with van der Waals surface area (Å²) in [6.07, 6.45) is 2.10. The molecule has 1 aromatic heterocycles. The lowest BCUT2D eigenvalue weighted by molar-refractivity contribution is -0.120. The number of aromatic nitrogens is 1. The van der Waals surface area contributed by atoms with E-state index in [0.29, 0.717) is 19.6 Å². The van der Waals surface area contributed by atoms with Crippen LogP contribution < -0.4 is 10.1 Å². The Morgan fingerprint density at radius 2 is 1.96 bits per heavy atom. The number of halogens is 1. The lowest BCUT2D eigenvalue weighted by Gasteiger charge is -2.09. The third kappa shape index (κ3) is 4.32. The van der Waals surface area contributed by atoms with Crippen LogP contribution in [-0.4, -0.2) is 24.0 Å². The van der Waals surface area contributed by atoms with Gasteiger partial charge in [0.2, 0.25) is 5.91 Å². The largest absolute Gasteiger partial charge is 0.489 e. The molecule has 5 heteroatoms. The van der Waals surface area contributed by atoms with Crippen LogP contribution in [-0.2, 0) is 11.2 Å². The highest BCUT2D eigenvalue weighted by molar-refractivity contribution is 9.10. The minimum atomic E-state index is -0.0206. The summed E-state index contributed by atoms with van der Waals surface area (Å²) in [5, 5.41) is 3.91. The number of carbonyl (C=O) groups excluding carboxylic acids is 1. The van der Waals surface area contributed by atoms with Gasteiger partial charge in [-0.3, -0.25) is 9.78 Å². The molecule has 0 unspecified atom stereocenters. The van der Waals surface area contributed by atoms with Crippen LogP contribution in [0.4, 0.5) is 0 Å². The van der Waals surface area contributed by atoms with Crippen molar-refractivity contribution in [3.8, 4) is 5.75 Å². The number of nitrogens with one attached hydrogen (secondary N) is 1. The maximum Gasteiger partial charge on any atom is 0.224 e. The molecule has 0 aliphatic rings. The number of rotatable bonds is 6. The van der Waals surface area contributed by atoms with Crippen LogP contribution in [0.15, 0.2) is 65.3 Å². The number of hydrogen-bond donors (Lipinski definition) is 1. The highest BCUT2D eigenvalue weighted by atomic mass is 79.9. The summed E-state index contributed by atoms with van der Waals surface area (Å²) in [5.74, 6) is 0.710. The first-order valence-electron chi connectivity index (χ1n) is 7.70. The van der Waals surface area contributed by atoms with E-state index in [0.717, 1.165) is 26.7 Å². The average Bonchev–Trinajstić information content (AvgIpc) is 2.59. The SMILES string of the molecule is O=C(Cc1cccc(Br)c1)NCCOc1cccc2cccnc12. The van der Waals surface area contributed by atoms with Crippen molar-refractivity contribution >= 4 is 32.7 Å². The third-order valence-corrected chi connectivity index (χ3v) is 4.02. The van der Waals surface area contributed by atoms with Crippen molar-refractivity contribution in [1.29, 1.82) is 0 Å². The highest BCUT2D eigenvalue weighted by Crippen LogP contribution is 2.22. The van der Waals surface area contributed by atoms with Crippen LogP contribution in [0, 0.1) is 0 Å². The number of pyridine rings is 1. The number of fused-ring (bicyclic) bond motifs is 1. The van der Waals surface area contributed by atoms with Crippen molar-refractivity contribution in [2.24, 2.45) is 0 Å². The Hall–Kier alpha value is -2.40. The first-order chi connectivity index (χ1) is 11.7. The smallest absolute Gasteiger partial charge is 0.224 e. The van der Waals surface area contributed by atoms with E-state index in [9.17, 15) is 4.79 Å². The van der Waals surface area contributed by atoms with E-state index in [1.165, 1.54) is 0 Å². The molecule has 1 heterocycles. The average molecular weight is 385 g/mol. The van der Waals surface area contributed by atoms with Crippen molar-refractivity contribution in [3.63, 3.8) is 0 Å². The molecule has 3 aromatic rings. The van der Waals surface area contributed by atoms with Gasteiger partial charge in [-0.15, -0.1) is 0 Å². The Morgan fingerprint density at radius 3 is 2.83 bits per heavy atom. The molecule has 3 rings (SSSR count). The van der Waals surface area contributed by atoms with E-state index in [4.69, 9.17) is 4.74 Å². The number of hydrogen-bond acceptors (Lipinski definition) is 3. The van der Waals surface area contributed by atoms with Gasteiger partial charge in [0.15, 0.2) is 0 Å². The zero-order valence-electron chi connectivity index (χ0n) is 13.0. The number of para-hydroxylation sites is 1. The second-order valence-corrected chi connectivity index (χ2v) is 6.25. The molecule has 0 fully saturated rings. The number of ether oxygens (including phenoxy) is 1.